The Balaban J connectivity index is 1.22. The number of carbonyl (C=O) groups is 3. The predicted octanol–water partition coefficient (Wildman–Crippen LogP) is 8.96. The number of amides is 2. The number of nitrogens with zero attached hydrogens (tertiary/aromatic N) is 3. The van der Waals surface area contributed by atoms with Gasteiger partial charge in [0.25, 0.3) is 0 Å². The summed E-state index contributed by atoms with van der Waals surface area (Å²) in [6.07, 6.45) is 11.4. The van der Waals surface area contributed by atoms with Crippen molar-refractivity contribution in [1.29, 1.82) is 0 Å². The van der Waals surface area contributed by atoms with Crippen molar-refractivity contribution in [3.05, 3.63) is 42.4 Å². The molecule has 1 saturated heterocycles. The highest BCUT2D eigenvalue weighted by Crippen LogP contribution is 2.59. The van der Waals surface area contributed by atoms with Crippen molar-refractivity contribution in [2.75, 3.05) is 25.0 Å². The van der Waals surface area contributed by atoms with Crippen LogP contribution in [0.15, 0.2) is 40.9 Å². The van der Waals surface area contributed by atoms with Crippen molar-refractivity contribution in [2.24, 2.45) is 11.3 Å². The highest BCUT2D eigenvalue weighted by molar-refractivity contribution is 9.09. The summed E-state index contributed by atoms with van der Waals surface area (Å²) in [5.41, 5.74) is 1.11. The second-order valence-electron chi connectivity index (χ2n) is 14.9. The molecule has 50 heavy (non-hydrogen) atoms. The molecule has 0 radical (unpaired) electrons. The molecule has 1 aliphatic carbocycles. The van der Waals surface area contributed by atoms with Gasteiger partial charge in [-0.05, 0) is 102 Å². The van der Waals surface area contributed by atoms with E-state index in [-0.39, 0.29) is 35.2 Å². The van der Waals surface area contributed by atoms with Gasteiger partial charge in [-0.1, -0.05) is 35.7 Å². The topological polar surface area (TPSA) is 124 Å². The van der Waals surface area contributed by atoms with Gasteiger partial charge in [0, 0.05) is 54.2 Å². The molecule has 5 rings (SSSR count). The van der Waals surface area contributed by atoms with Gasteiger partial charge in [-0.25, -0.2) is 14.8 Å². The molecular formula is C39H53BrN4O6. The lowest BCUT2D eigenvalue weighted by Crippen LogP contribution is -2.43. The van der Waals surface area contributed by atoms with E-state index in [1.54, 1.807) is 11.1 Å². The number of nitrogens with one attached hydrogen (secondary N) is 1. The van der Waals surface area contributed by atoms with E-state index in [9.17, 15) is 14.4 Å². The summed E-state index contributed by atoms with van der Waals surface area (Å²) in [7, 11) is 0. The van der Waals surface area contributed by atoms with E-state index in [0.29, 0.717) is 56.5 Å². The zero-order valence-electron chi connectivity index (χ0n) is 30.1. The summed E-state index contributed by atoms with van der Waals surface area (Å²) in [5.74, 6) is 1.92. The number of carbonyl (C=O) groups excluding carboxylic acids is 3. The Bertz CT molecular complexity index is 1610. The number of likely N-dealkylation sites (tertiary alicyclic amines) is 1. The Kier molecular flexibility index (Phi) is 13.0. The number of ether oxygens (including phenoxy) is 2. The van der Waals surface area contributed by atoms with Gasteiger partial charge in [-0.3, -0.25) is 9.59 Å². The largest absolute Gasteiger partial charge is 0.478 e. The molecule has 2 amide bonds. The van der Waals surface area contributed by atoms with Gasteiger partial charge in [0.1, 0.15) is 17.4 Å². The minimum atomic E-state index is -0.536. The van der Waals surface area contributed by atoms with E-state index in [1.165, 1.54) is 0 Å². The van der Waals surface area contributed by atoms with Crippen LogP contribution in [0.5, 0.6) is 5.88 Å². The molecule has 1 spiro atoms. The number of ketones is 1. The van der Waals surface area contributed by atoms with Crippen molar-refractivity contribution in [3.63, 3.8) is 0 Å². The van der Waals surface area contributed by atoms with Crippen LogP contribution in [-0.4, -0.2) is 63.3 Å². The second-order valence-corrected chi connectivity index (χ2v) is 15.7. The van der Waals surface area contributed by atoms with Crippen LogP contribution in [0.4, 0.5) is 4.79 Å². The van der Waals surface area contributed by atoms with Gasteiger partial charge >= 0.3 is 6.09 Å². The van der Waals surface area contributed by atoms with E-state index in [1.807, 2.05) is 58.0 Å². The minimum Gasteiger partial charge on any atom is -0.478 e. The second kappa shape index (κ2) is 17.2. The van der Waals surface area contributed by atoms with Gasteiger partial charge in [-0.2, -0.15) is 0 Å². The summed E-state index contributed by atoms with van der Waals surface area (Å²) < 4.78 is 17.8. The number of benzene rings is 1. The van der Waals surface area contributed by atoms with Gasteiger partial charge in [0.05, 0.1) is 18.3 Å². The summed E-state index contributed by atoms with van der Waals surface area (Å²) in [4.78, 5) is 49.2. The van der Waals surface area contributed by atoms with Crippen molar-refractivity contribution in [2.45, 2.75) is 116 Å². The number of piperidine rings is 1. The van der Waals surface area contributed by atoms with Gasteiger partial charge in [0.2, 0.25) is 17.7 Å². The normalized spacial score (nSPS) is 17.5. The fourth-order valence-corrected chi connectivity index (χ4v) is 7.16. The Labute approximate surface area is 304 Å². The van der Waals surface area contributed by atoms with Crippen LogP contribution >= 0.6 is 15.9 Å². The first-order valence-corrected chi connectivity index (χ1v) is 19.5. The monoisotopic (exact) mass is 752 g/mol. The lowest BCUT2D eigenvalue weighted by molar-refractivity contribution is -0.124. The van der Waals surface area contributed by atoms with Crippen molar-refractivity contribution >= 4 is 44.6 Å². The van der Waals surface area contributed by atoms with E-state index in [4.69, 9.17) is 13.9 Å². The number of rotatable bonds is 17. The number of fused-ring (bicyclic) bond motifs is 1. The first-order valence-electron chi connectivity index (χ1n) is 18.4. The Morgan fingerprint density at radius 2 is 1.84 bits per heavy atom. The third-order valence-electron chi connectivity index (χ3n) is 9.87. The molecule has 1 N–H and O–H groups in total. The summed E-state index contributed by atoms with van der Waals surface area (Å²) in [5, 5.41) is 5.25. The zero-order valence-corrected chi connectivity index (χ0v) is 31.7. The summed E-state index contributed by atoms with van der Waals surface area (Å²) in [6, 6.07) is 9.48. The number of hydrogen-bond donors (Lipinski definition) is 1. The Morgan fingerprint density at radius 3 is 2.58 bits per heavy atom. The third kappa shape index (κ3) is 10.3. The standard InChI is InChI=1S/C39H53BrN4O6/c1-5-29(45)12-8-6-9-13-32(43-35(46)30-25-39(30)18-21-44(22-19-39)37(47)50-38(2,3)4)36-41-26-33(49-36)28-14-16-31-27(24-28)15-17-34(42-31)48-23-11-7-10-20-40/h14-17,24,26,30,32H,5-13,18-23,25H2,1-4H3,(H,43,46)/t30-,32+/m1/s1. The number of pyridine rings is 1. The molecule has 1 saturated carbocycles. The van der Waals surface area contributed by atoms with Crippen LogP contribution in [-0.2, 0) is 14.3 Å². The van der Waals surface area contributed by atoms with Crippen LogP contribution in [0.25, 0.3) is 22.2 Å². The van der Waals surface area contributed by atoms with E-state index in [0.717, 1.165) is 79.6 Å². The zero-order chi connectivity index (χ0) is 35.7. The molecule has 3 aromatic rings. The van der Waals surface area contributed by atoms with Crippen molar-refractivity contribution in [1.82, 2.24) is 20.2 Å². The summed E-state index contributed by atoms with van der Waals surface area (Å²) >= 11 is 3.46. The quantitative estimate of drug-likeness (QED) is 0.107. The number of alkyl halides is 1. The lowest BCUT2D eigenvalue weighted by Gasteiger charge is -2.34. The molecule has 2 atom stereocenters. The van der Waals surface area contributed by atoms with Gasteiger partial charge in [0.15, 0.2) is 5.76 Å². The molecule has 2 aromatic heterocycles. The fourth-order valence-electron chi connectivity index (χ4n) is 6.76. The Hall–Kier alpha value is -3.47. The van der Waals surface area contributed by atoms with Crippen LogP contribution in [0, 0.1) is 11.3 Å². The average Bonchev–Trinajstić information content (AvgIpc) is 3.55. The molecule has 10 nitrogen and oxygen atoms in total. The number of hydrogen-bond acceptors (Lipinski definition) is 8. The number of halogens is 1. The third-order valence-corrected chi connectivity index (χ3v) is 10.4. The molecule has 3 heterocycles. The number of oxazole rings is 1. The lowest BCUT2D eigenvalue weighted by atomic mass is 9.90. The molecule has 2 fully saturated rings. The van der Waals surface area contributed by atoms with Crippen LogP contribution in [0.1, 0.15) is 117 Å². The average molecular weight is 754 g/mol. The molecule has 2 aliphatic rings. The van der Waals surface area contributed by atoms with Crippen molar-refractivity contribution < 1.29 is 28.3 Å². The highest BCUT2D eigenvalue weighted by Gasteiger charge is 2.59. The van der Waals surface area contributed by atoms with E-state index < -0.39 is 5.60 Å². The molecule has 272 valence electrons. The first-order chi connectivity index (χ1) is 24.0. The molecule has 11 heteroatoms. The molecule has 1 aromatic carbocycles. The minimum absolute atomic E-state index is 0.0135. The van der Waals surface area contributed by atoms with E-state index in [2.05, 4.69) is 31.2 Å². The van der Waals surface area contributed by atoms with Crippen molar-refractivity contribution in [3.8, 4) is 17.2 Å². The smallest absolute Gasteiger partial charge is 0.410 e. The maximum atomic E-state index is 13.7. The van der Waals surface area contributed by atoms with Crippen LogP contribution in [0.3, 0.4) is 0 Å². The number of unbranched alkanes of at least 4 members (excludes halogenated alkanes) is 4. The van der Waals surface area contributed by atoms with Crippen LogP contribution in [0.2, 0.25) is 0 Å². The molecule has 1 aliphatic heterocycles. The first kappa shape index (κ1) is 37.8. The molecule has 0 unspecified atom stereocenters. The predicted molar refractivity (Wildman–Crippen MR) is 197 cm³/mol. The fraction of sp³-hybridized carbons (Fsp3) is 0.615. The maximum absolute atomic E-state index is 13.7. The van der Waals surface area contributed by atoms with E-state index >= 15 is 0 Å². The van der Waals surface area contributed by atoms with Crippen LogP contribution < -0.4 is 10.1 Å². The molecule has 0 bridgehead atoms. The Morgan fingerprint density at radius 1 is 1.06 bits per heavy atom. The van der Waals surface area contributed by atoms with Gasteiger partial charge < -0.3 is 24.1 Å². The molecular weight excluding hydrogens is 700 g/mol. The maximum Gasteiger partial charge on any atom is 0.410 e. The number of aromatic nitrogens is 2. The highest BCUT2D eigenvalue weighted by atomic mass is 79.9. The van der Waals surface area contributed by atoms with Gasteiger partial charge in [-0.15, -0.1) is 0 Å². The summed E-state index contributed by atoms with van der Waals surface area (Å²) in [6.45, 7) is 9.34. The number of Topliss-reactive ketones (excluding diaryl/α,β-unsaturated/α-hetero) is 1. The SMILES string of the molecule is CCC(=O)CCCCC[C@H](NC(=O)[C@H]1CC12CCN(C(=O)OC(C)(C)C)CC2)c1ncc(-c2ccc3nc(OCCCCCBr)ccc3c2)o1.